The van der Waals surface area contributed by atoms with Gasteiger partial charge in [0.25, 0.3) is 0 Å². The second-order valence-electron chi connectivity index (χ2n) is 5.78. The van der Waals surface area contributed by atoms with Gasteiger partial charge in [-0.3, -0.25) is 4.90 Å². The number of likely N-dealkylation sites (N-methyl/N-ethyl adjacent to an activating group) is 1. The normalized spacial score (nSPS) is 19.6. The van der Waals surface area contributed by atoms with Crippen LogP contribution in [0.15, 0.2) is 16.7 Å². The molecule has 4 heteroatoms. The van der Waals surface area contributed by atoms with Gasteiger partial charge in [0, 0.05) is 25.3 Å². The number of hydrogen-bond acceptors (Lipinski definition) is 4. The molecule has 0 amide bonds. The van der Waals surface area contributed by atoms with E-state index in [-0.39, 0.29) is 0 Å². The van der Waals surface area contributed by atoms with Crippen LogP contribution in [0.4, 0.5) is 0 Å². The van der Waals surface area contributed by atoms with E-state index < -0.39 is 0 Å². The first-order valence-electron chi connectivity index (χ1n) is 7.85. The van der Waals surface area contributed by atoms with E-state index in [0.29, 0.717) is 6.10 Å². The summed E-state index contributed by atoms with van der Waals surface area (Å²) in [5.41, 5.74) is 1.23. The molecule has 0 radical (unpaired) electrons. The number of ether oxygens (including phenoxy) is 1. The average Bonchev–Trinajstić information content (AvgIpc) is 2.87. The fraction of sp³-hybridized carbons (Fsp3) is 0.750. The molecule has 1 atom stereocenters. The highest BCUT2D eigenvalue weighted by atomic mass is 16.5. The molecule has 2 heterocycles. The lowest BCUT2D eigenvalue weighted by molar-refractivity contribution is -0.00338. The lowest BCUT2D eigenvalue weighted by Crippen LogP contribution is -2.32. The van der Waals surface area contributed by atoms with Gasteiger partial charge in [-0.15, -0.1) is 0 Å². The van der Waals surface area contributed by atoms with Crippen molar-refractivity contribution in [3.63, 3.8) is 0 Å². The standard InChI is InChI=1S/C16H28N2O2/c1-3-7-17-10-14-9-16(20-13-14)12-18(2)11-15-6-4-5-8-19-15/h9,13,15,17H,3-8,10-12H2,1-2H3. The van der Waals surface area contributed by atoms with Crippen LogP contribution in [0.3, 0.4) is 0 Å². The molecule has 0 aromatic carbocycles. The van der Waals surface area contributed by atoms with E-state index in [4.69, 9.17) is 9.15 Å². The molecule has 0 saturated carbocycles. The largest absolute Gasteiger partial charge is 0.468 e. The molecule has 1 fully saturated rings. The molecule has 0 spiro atoms. The Balaban J connectivity index is 1.71. The minimum absolute atomic E-state index is 0.398. The van der Waals surface area contributed by atoms with Gasteiger partial charge in [-0.2, -0.15) is 0 Å². The third-order valence-electron chi connectivity index (χ3n) is 3.68. The lowest BCUT2D eigenvalue weighted by atomic mass is 10.1. The Labute approximate surface area is 122 Å². The van der Waals surface area contributed by atoms with Crippen molar-refractivity contribution < 1.29 is 9.15 Å². The number of rotatable bonds is 8. The first-order valence-corrected chi connectivity index (χ1v) is 7.85. The lowest BCUT2D eigenvalue weighted by Gasteiger charge is -2.26. The van der Waals surface area contributed by atoms with Crippen LogP contribution in [0, 0.1) is 0 Å². The molecular formula is C16H28N2O2. The van der Waals surface area contributed by atoms with Gasteiger partial charge in [0.2, 0.25) is 0 Å². The van der Waals surface area contributed by atoms with Crippen LogP contribution in [-0.2, 0) is 17.8 Å². The quantitative estimate of drug-likeness (QED) is 0.743. The van der Waals surface area contributed by atoms with Gasteiger partial charge >= 0.3 is 0 Å². The van der Waals surface area contributed by atoms with Crippen molar-refractivity contribution in [2.45, 2.75) is 51.8 Å². The van der Waals surface area contributed by atoms with Gasteiger partial charge in [0.15, 0.2) is 0 Å². The molecule has 114 valence electrons. The summed E-state index contributed by atoms with van der Waals surface area (Å²) in [6, 6.07) is 2.15. The average molecular weight is 280 g/mol. The zero-order valence-electron chi connectivity index (χ0n) is 12.9. The topological polar surface area (TPSA) is 37.6 Å². The number of hydrogen-bond donors (Lipinski definition) is 1. The van der Waals surface area contributed by atoms with E-state index in [1.54, 1.807) is 0 Å². The van der Waals surface area contributed by atoms with E-state index in [0.717, 1.165) is 45.0 Å². The summed E-state index contributed by atoms with van der Waals surface area (Å²) < 4.78 is 11.4. The summed E-state index contributed by atoms with van der Waals surface area (Å²) in [5.74, 6) is 1.04. The van der Waals surface area contributed by atoms with Crippen LogP contribution in [-0.4, -0.2) is 37.7 Å². The Morgan fingerprint density at radius 3 is 3.05 bits per heavy atom. The third kappa shape index (κ3) is 5.27. The van der Waals surface area contributed by atoms with Crippen LogP contribution < -0.4 is 5.32 Å². The predicted molar refractivity (Wildman–Crippen MR) is 80.6 cm³/mol. The SMILES string of the molecule is CCCNCc1coc(CN(C)CC2CCCCO2)c1. The third-order valence-corrected chi connectivity index (χ3v) is 3.68. The Morgan fingerprint density at radius 2 is 2.30 bits per heavy atom. The minimum Gasteiger partial charge on any atom is -0.468 e. The Bertz CT molecular complexity index is 372. The molecule has 1 aliphatic heterocycles. The zero-order valence-corrected chi connectivity index (χ0v) is 12.9. The van der Waals surface area contributed by atoms with Gasteiger partial charge in [-0.25, -0.2) is 0 Å². The highest BCUT2D eigenvalue weighted by Gasteiger charge is 2.16. The Morgan fingerprint density at radius 1 is 1.40 bits per heavy atom. The molecule has 0 bridgehead atoms. The molecule has 1 aliphatic rings. The van der Waals surface area contributed by atoms with Crippen molar-refractivity contribution in [3.8, 4) is 0 Å². The van der Waals surface area contributed by atoms with Crippen LogP contribution >= 0.6 is 0 Å². The first-order chi connectivity index (χ1) is 9.78. The van der Waals surface area contributed by atoms with Crippen molar-refractivity contribution in [1.29, 1.82) is 0 Å². The molecule has 0 aliphatic carbocycles. The Hall–Kier alpha value is -0.840. The molecule has 1 unspecified atom stereocenters. The van der Waals surface area contributed by atoms with Crippen molar-refractivity contribution >= 4 is 0 Å². The zero-order chi connectivity index (χ0) is 14.2. The monoisotopic (exact) mass is 280 g/mol. The van der Waals surface area contributed by atoms with Crippen molar-refractivity contribution in [2.24, 2.45) is 0 Å². The summed E-state index contributed by atoms with van der Waals surface area (Å²) in [7, 11) is 2.13. The maximum absolute atomic E-state index is 5.77. The summed E-state index contributed by atoms with van der Waals surface area (Å²) in [6.07, 6.45) is 7.13. The number of furan rings is 1. The molecule has 2 rings (SSSR count). The molecule has 1 N–H and O–H groups in total. The molecule has 4 nitrogen and oxygen atoms in total. The smallest absolute Gasteiger partial charge is 0.118 e. The molecule has 20 heavy (non-hydrogen) atoms. The van der Waals surface area contributed by atoms with Gasteiger partial charge < -0.3 is 14.5 Å². The summed E-state index contributed by atoms with van der Waals surface area (Å²) in [6.45, 7) is 6.90. The van der Waals surface area contributed by atoms with Gasteiger partial charge in [-0.05, 0) is 45.3 Å². The van der Waals surface area contributed by atoms with E-state index >= 15 is 0 Å². The highest BCUT2D eigenvalue weighted by Crippen LogP contribution is 2.15. The fourth-order valence-electron chi connectivity index (χ4n) is 2.64. The summed E-state index contributed by atoms with van der Waals surface area (Å²) >= 11 is 0. The molecule has 1 saturated heterocycles. The van der Waals surface area contributed by atoms with E-state index in [2.05, 4.69) is 30.3 Å². The van der Waals surface area contributed by atoms with E-state index in [1.165, 1.54) is 24.8 Å². The van der Waals surface area contributed by atoms with Crippen molar-refractivity contribution in [1.82, 2.24) is 10.2 Å². The summed E-state index contributed by atoms with van der Waals surface area (Å²) in [5, 5.41) is 3.39. The molecule has 1 aromatic heterocycles. The highest BCUT2D eigenvalue weighted by molar-refractivity contribution is 5.12. The molecular weight excluding hydrogens is 252 g/mol. The van der Waals surface area contributed by atoms with Crippen LogP contribution in [0.25, 0.3) is 0 Å². The van der Waals surface area contributed by atoms with Crippen molar-refractivity contribution in [3.05, 3.63) is 23.7 Å². The van der Waals surface area contributed by atoms with Gasteiger partial charge in [-0.1, -0.05) is 6.92 Å². The minimum atomic E-state index is 0.398. The Kier molecular flexibility index (Phi) is 6.57. The van der Waals surface area contributed by atoms with Gasteiger partial charge in [0.1, 0.15) is 5.76 Å². The number of nitrogens with zero attached hydrogens (tertiary/aromatic N) is 1. The molecule has 1 aromatic rings. The maximum Gasteiger partial charge on any atom is 0.118 e. The van der Waals surface area contributed by atoms with Gasteiger partial charge in [0.05, 0.1) is 18.9 Å². The van der Waals surface area contributed by atoms with Crippen LogP contribution in [0.1, 0.15) is 43.9 Å². The first kappa shape index (κ1) is 15.5. The van der Waals surface area contributed by atoms with E-state index in [9.17, 15) is 0 Å². The second-order valence-corrected chi connectivity index (χ2v) is 5.78. The van der Waals surface area contributed by atoms with Crippen molar-refractivity contribution in [2.75, 3.05) is 26.7 Å². The van der Waals surface area contributed by atoms with Crippen LogP contribution in [0.2, 0.25) is 0 Å². The maximum atomic E-state index is 5.77. The predicted octanol–water partition coefficient (Wildman–Crippen LogP) is 2.78. The fourth-order valence-corrected chi connectivity index (χ4v) is 2.64. The summed E-state index contributed by atoms with van der Waals surface area (Å²) in [4.78, 5) is 2.29. The van der Waals surface area contributed by atoms with E-state index in [1.807, 2.05) is 6.26 Å². The van der Waals surface area contributed by atoms with Crippen LogP contribution in [0.5, 0.6) is 0 Å². The second kappa shape index (κ2) is 8.45. The number of nitrogens with one attached hydrogen (secondary N) is 1.